The van der Waals surface area contributed by atoms with Crippen molar-refractivity contribution in [2.45, 2.75) is 25.8 Å². The van der Waals surface area contributed by atoms with Gasteiger partial charge in [-0.25, -0.2) is 0 Å². The Morgan fingerprint density at radius 1 is 1.55 bits per heavy atom. The van der Waals surface area contributed by atoms with E-state index in [2.05, 4.69) is 33.9 Å². The standard InChI is InChI=1S/C14H23N5O/c1-3-19-8-5-11(6-9-19)18(2)12-4-7-16-13(10-12)14(15)17-20/h4,7,10-11,20H,3,5-6,8-9H2,1-2H3,(H2,15,17). The Kier molecular flexibility index (Phi) is 4.79. The van der Waals surface area contributed by atoms with Crippen LogP contribution in [0.4, 0.5) is 5.69 Å². The molecule has 2 rings (SSSR count). The molecule has 0 atom stereocenters. The van der Waals surface area contributed by atoms with Gasteiger partial charge in [0, 0.05) is 38.1 Å². The topological polar surface area (TPSA) is 78.0 Å². The maximum atomic E-state index is 8.73. The zero-order chi connectivity index (χ0) is 14.5. The minimum Gasteiger partial charge on any atom is -0.409 e. The lowest BCUT2D eigenvalue weighted by atomic mass is 10.0. The molecule has 0 spiro atoms. The second-order valence-electron chi connectivity index (χ2n) is 5.16. The van der Waals surface area contributed by atoms with Crippen LogP contribution in [0.3, 0.4) is 0 Å². The van der Waals surface area contributed by atoms with Crippen molar-refractivity contribution >= 4 is 11.5 Å². The molecular formula is C14H23N5O. The van der Waals surface area contributed by atoms with Crippen LogP contribution in [0.25, 0.3) is 0 Å². The van der Waals surface area contributed by atoms with E-state index in [0.29, 0.717) is 11.7 Å². The molecule has 0 bridgehead atoms. The number of anilines is 1. The van der Waals surface area contributed by atoms with E-state index in [-0.39, 0.29) is 5.84 Å². The smallest absolute Gasteiger partial charge is 0.188 e. The van der Waals surface area contributed by atoms with Crippen LogP contribution in [-0.4, -0.2) is 53.7 Å². The lowest BCUT2D eigenvalue weighted by molar-refractivity contribution is 0.221. The molecule has 2 heterocycles. The van der Waals surface area contributed by atoms with E-state index in [1.54, 1.807) is 6.20 Å². The largest absolute Gasteiger partial charge is 0.409 e. The van der Waals surface area contributed by atoms with Gasteiger partial charge in [-0.15, -0.1) is 0 Å². The van der Waals surface area contributed by atoms with Crippen molar-refractivity contribution in [3.8, 4) is 0 Å². The van der Waals surface area contributed by atoms with Gasteiger partial charge in [0.2, 0.25) is 0 Å². The highest BCUT2D eigenvalue weighted by molar-refractivity contribution is 5.95. The normalized spacial score (nSPS) is 18.2. The number of pyridine rings is 1. The summed E-state index contributed by atoms with van der Waals surface area (Å²) >= 11 is 0. The molecule has 110 valence electrons. The van der Waals surface area contributed by atoms with Gasteiger partial charge in [-0.3, -0.25) is 4.98 Å². The Labute approximate surface area is 119 Å². The highest BCUT2D eigenvalue weighted by Crippen LogP contribution is 2.22. The van der Waals surface area contributed by atoms with E-state index in [1.165, 1.54) is 0 Å². The van der Waals surface area contributed by atoms with Crippen LogP contribution in [0.15, 0.2) is 23.5 Å². The van der Waals surface area contributed by atoms with Gasteiger partial charge in [0.15, 0.2) is 5.84 Å². The summed E-state index contributed by atoms with van der Waals surface area (Å²) in [5, 5.41) is 11.7. The Morgan fingerprint density at radius 3 is 2.85 bits per heavy atom. The Bertz CT molecular complexity index is 468. The van der Waals surface area contributed by atoms with Crippen molar-refractivity contribution in [3.05, 3.63) is 24.0 Å². The van der Waals surface area contributed by atoms with Crippen LogP contribution < -0.4 is 10.6 Å². The number of hydrogen-bond acceptors (Lipinski definition) is 5. The van der Waals surface area contributed by atoms with Gasteiger partial charge >= 0.3 is 0 Å². The summed E-state index contributed by atoms with van der Waals surface area (Å²) in [6, 6.07) is 4.35. The van der Waals surface area contributed by atoms with E-state index in [9.17, 15) is 0 Å². The van der Waals surface area contributed by atoms with Crippen molar-refractivity contribution in [3.63, 3.8) is 0 Å². The second-order valence-corrected chi connectivity index (χ2v) is 5.16. The number of piperidine rings is 1. The Morgan fingerprint density at radius 2 is 2.25 bits per heavy atom. The molecule has 1 aromatic rings. The summed E-state index contributed by atoms with van der Waals surface area (Å²) in [5.41, 5.74) is 7.15. The first kappa shape index (κ1) is 14.6. The molecule has 1 fully saturated rings. The first-order valence-corrected chi connectivity index (χ1v) is 7.04. The fourth-order valence-corrected chi connectivity index (χ4v) is 2.66. The van der Waals surface area contributed by atoms with Gasteiger partial charge < -0.3 is 20.7 Å². The van der Waals surface area contributed by atoms with E-state index in [4.69, 9.17) is 10.9 Å². The van der Waals surface area contributed by atoms with E-state index >= 15 is 0 Å². The summed E-state index contributed by atoms with van der Waals surface area (Å²) in [7, 11) is 2.09. The minimum atomic E-state index is 0.0426. The molecule has 1 saturated heterocycles. The summed E-state index contributed by atoms with van der Waals surface area (Å²) < 4.78 is 0. The highest BCUT2D eigenvalue weighted by atomic mass is 16.4. The third kappa shape index (κ3) is 3.19. The number of hydrogen-bond donors (Lipinski definition) is 2. The number of nitrogens with two attached hydrogens (primary N) is 1. The van der Waals surface area contributed by atoms with Crippen molar-refractivity contribution in [2.24, 2.45) is 10.9 Å². The zero-order valence-corrected chi connectivity index (χ0v) is 12.2. The predicted octanol–water partition coefficient (Wildman–Crippen LogP) is 1.10. The molecule has 6 heteroatoms. The molecule has 0 unspecified atom stereocenters. The lowest BCUT2D eigenvalue weighted by Crippen LogP contribution is -2.43. The minimum absolute atomic E-state index is 0.0426. The summed E-state index contributed by atoms with van der Waals surface area (Å²) in [5.74, 6) is 0.0426. The predicted molar refractivity (Wildman–Crippen MR) is 80.3 cm³/mol. The molecule has 3 N–H and O–H groups in total. The van der Waals surface area contributed by atoms with Crippen molar-refractivity contribution in [2.75, 3.05) is 31.6 Å². The number of aromatic nitrogens is 1. The maximum absolute atomic E-state index is 8.73. The molecule has 0 saturated carbocycles. The number of nitrogens with zero attached hydrogens (tertiary/aromatic N) is 4. The van der Waals surface area contributed by atoms with E-state index in [1.807, 2.05) is 12.1 Å². The molecule has 6 nitrogen and oxygen atoms in total. The summed E-state index contributed by atoms with van der Waals surface area (Å²) in [6.45, 7) is 5.61. The van der Waals surface area contributed by atoms with Crippen LogP contribution in [0.2, 0.25) is 0 Å². The van der Waals surface area contributed by atoms with Crippen LogP contribution in [0.1, 0.15) is 25.5 Å². The first-order valence-electron chi connectivity index (χ1n) is 7.04. The highest BCUT2D eigenvalue weighted by Gasteiger charge is 2.22. The third-order valence-corrected chi connectivity index (χ3v) is 4.07. The Hall–Kier alpha value is -1.82. The summed E-state index contributed by atoms with van der Waals surface area (Å²) in [6.07, 6.45) is 4.01. The molecule has 0 aromatic carbocycles. The number of rotatable bonds is 4. The second kappa shape index (κ2) is 6.56. The molecule has 0 radical (unpaired) electrons. The van der Waals surface area contributed by atoms with Gasteiger partial charge in [-0.05, 0) is 31.5 Å². The van der Waals surface area contributed by atoms with E-state index < -0.39 is 0 Å². The van der Waals surface area contributed by atoms with Gasteiger partial charge in [0.05, 0.1) is 0 Å². The monoisotopic (exact) mass is 277 g/mol. The average Bonchev–Trinajstić information content (AvgIpc) is 2.53. The van der Waals surface area contributed by atoms with Gasteiger partial charge in [-0.2, -0.15) is 0 Å². The molecule has 1 aliphatic heterocycles. The number of oxime groups is 1. The quantitative estimate of drug-likeness (QED) is 0.373. The first-order chi connectivity index (χ1) is 9.65. The van der Waals surface area contributed by atoms with Crippen molar-refractivity contribution in [1.82, 2.24) is 9.88 Å². The van der Waals surface area contributed by atoms with Crippen LogP contribution >= 0.6 is 0 Å². The van der Waals surface area contributed by atoms with Gasteiger partial charge in [0.25, 0.3) is 0 Å². The average molecular weight is 277 g/mol. The van der Waals surface area contributed by atoms with Gasteiger partial charge in [0.1, 0.15) is 5.69 Å². The van der Waals surface area contributed by atoms with Crippen LogP contribution in [-0.2, 0) is 0 Å². The molecule has 1 aliphatic rings. The Balaban J connectivity index is 2.08. The number of likely N-dealkylation sites (tertiary alicyclic amines) is 1. The van der Waals surface area contributed by atoms with Crippen molar-refractivity contribution in [1.29, 1.82) is 0 Å². The molecule has 0 aliphatic carbocycles. The molecular weight excluding hydrogens is 254 g/mol. The third-order valence-electron chi connectivity index (χ3n) is 4.07. The number of amidine groups is 1. The summed E-state index contributed by atoms with van der Waals surface area (Å²) in [4.78, 5) is 8.85. The van der Waals surface area contributed by atoms with Gasteiger partial charge in [-0.1, -0.05) is 12.1 Å². The van der Waals surface area contributed by atoms with Crippen LogP contribution in [0, 0.1) is 0 Å². The zero-order valence-electron chi connectivity index (χ0n) is 12.2. The fourth-order valence-electron chi connectivity index (χ4n) is 2.66. The van der Waals surface area contributed by atoms with E-state index in [0.717, 1.165) is 38.2 Å². The van der Waals surface area contributed by atoms with Crippen LogP contribution in [0.5, 0.6) is 0 Å². The molecule has 0 amide bonds. The molecule has 1 aromatic heterocycles. The SMILES string of the molecule is CCN1CCC(N(C)c2ccnc(C(N)=NO)c2)CC1. The lowest BCUT2D eigenvalue weighted by Gasteiger charge is -2.37. The molecule has 20 heavy (non-hydrogen) atoms. The van der Waals surface area contributed by atoms with Crippen molar-refractivity contribution < 1.29 is 5.21 Å². The maximum Gasteiger partial charge on any atom is 0.188 e. The fraction of sp³-hybridized carbons (Fsp3) is 0.571.